The van der Waals surface area contributed by atoms with Gasteiger partial charge in [-0.3, -0.25) is 9.69 Å². The number of aliphatic hydroxyl groups excluding tert-OH is 2. The second kappa shape index (κ2) is 10.8. The molecule has 0 spiro atoms. The fourth-order valence-electron chi connectivity index (χ4n) is 7.26. The van der Waals surface area contributed by atoms with Crippen LogP contribution in [-0.2, 0) is 17.8 Å². The summed E-state index contributed by atoms with van der Waals surface area (Å²) in [4.78, 5) is 39.0. The molecule has 7 heterocycles. The molecule has 0 aromatic carbocycles. The summed E-state index contributed by atoms with van der Waals surface area (Å²) in [5.74, 6) is 2.13. The van der Waals surface area contributed by atoms with Crippen LogP contribution >= 0.6 is 0 Å². The molecule has 2 bridgehead atoms. The lowest BCUT2D eigenvalue weighted by atomic mass is 10.0. The van der Waals surface area contributed by atoms with Gasteiger partial charge in [-0.15, -0.1) is 0 Å². The molecular formula is C30H38N8O3. The summed E-state index contributed by atoms with van der Waals surface area (Å²) in [6.45, 7) is 4.42. The molecule has 3 aromatic rings. The van der Waals surface area contributed by atoms with Crippen LogP contribution in [0.3, 0.4) is 0 Å². The molecule has 3 N–H and O–H groups in total. The zero-order chi connectivity index (χ0) is 28.1. The van der Waals surface area contributed by atoms with Gasteiger partial charge in [0.2, 0.25) is 11.9 Å². The van der Waals surface area contributed by atoms with E-state index in [1.165, 1.54) is 25.7 Å². The number of aromatic nitrogens is 4. The topological polar surface area (TPSA) is 131 Å². The number of anilines is 3. The van der Waals surface area contributed by atoms with Crippen molar-refractivity contribution >= 4 is 34.4 Å². The van der Waals surface area contributed by atoms with E-state index in [0.717, 1.165) is 47.4 Å². The molecule has 1 unspecified atom stereocenters. The largest absolute Gasteiger partial charge is 0.395 e. The lowest BCUT2D eigenvalue weighted by Crippen LogP contribution is -2.48. The molecule has 4 aliphatic heterocycles. The van der Waals surface area contributed by atoms with Gasteiger partial charge in [0.1, 0.15) is 11.3 Å². The van der Waals surface area contributed by atoms with Gasteiger partial charge < -0.3 is 25.3 Å². The fraction of sp³-hybridized carbons (Fsp3) is 0.567. The Morgan fingerprint density at radius 1 is 1.10 bits per heavy atom. The van der Waals surface area contributed by atoms with Crippen molar-refractivity contribution < 1.29 is 15.0 Å². The summed E-state index contributed by atoms with van der Waals surface area (Å²) in [5.41, 5.74) is 3.47. The number of amides is 1. The summed E-state index contributed by atoms with van der Waals surface area (Å²) < 4.78 is 0. The van der Waals surface area contributed by atoms with E-state index in [9.17, 15) is 15.0 Å². The Morgan fingerprint density at radius 2 is 1.90 bits per heavy atom. The molecule has 0 radical (unpaired) electrons. The van der Waals surface area contributed by atoms with E-state index in [1.807, 2.05) is 23.1 Å². The number of carbonyl (C=O) groups excluding carboxylic acids is 1. The van der Waals surface area contributed by atoms with Gasteiger partial charge in [-0.1, -0.05) is 6.07 Å². The molecule has 2 atom stereocenters. The first-order chi connectivity index (χ1) is 20.0. The van der Waals surface area contributed by atoms with E-state index < -0.39 is 6.10 Å². The lowest BCUT2D eigenvalue weighted by Gasteiger charge is -2.33. The highest BCUT2D eigenvalue weighted by Gasteiger charge is 2.41. The van der Waals surface area contributed by atoms with Gasteiger partial charge in [-0.2, -0.15) is 0 Å². The third kappa shape index (κ3) is 4.89. The van der Waals surface area contributed by atoms with Crippen molar-refractivity contribution in [3.63, 3.8) is 0 Å². The number of nitrogens with one attached hydrogen (secondary N) is 1. The Kier molecular flexibility index (Phi) is 6.96. The summed E-state index contributed by atoms with van der Waals surface area (Å²) in [7, 11) is 0. The van der Waals surface area contributed by atoms with E-state index in [0.29, 0.717) is 55.6 Å². The highest BCUT2D eigenvalue weighted by atomic mass is 16.3. The molecule has 3 saturated heterocycles. The third-order valence-electron chi connectivity index (χ3n) is 9.33. The number of β-amino-alcohol motifs (C(OH)–C–C–N with tert-alkyl or cyclic N) is 1. The minimum Gasteiger partial charge on any atom is -0.395 e. The Balaban J connectivity index is 1.11. The molecular weight excluding hydrogens is 520 g/mol. The lowest BCUT2D eigenvalue weighted by molar-refractivity contribution is -0.137. The number of nitrogens with zero attached hydrogens (tertiary/aromatic N) is 7. The van der Waals surface area contributed by atoms with Crippen molar-refractivity contribution in [3.8, 4) is 0 Å². The molecule has 216 valence electrons. The molecule has 11 heteroatoms. The monoisotopic (exact) mass is 558 g/mol. The Bertz CT molecular complexity index is 1450. The van der Waals surface area contributed by atoms with Gasteiger partial charge in [0.05, 0.1) is 24.4 Å². The second-order valence-corrected chi connectivity index (χ2v) is 11.9. The zero-order valence-electron chi connectivity index (χ0n) is 23.5. The van der Waals surface area contributed by atoms with Gasteiger partial charge in [-0.25, -0.2) is 19.9 Å². The van der Waals surface area contributed by atoms with E-state index in [-0.39, 0.29) is 18.6 Å². The molecule has 41 heavy (non-hydrogen) atoms. The van der Waals surface area contributed by atoms with Crippen LogP contribution in [0.1, 0.15) is 68.5 Å². The first-order valence-corrected chi connectivity index (χ1v) is 15.0. The smallest absolute Gasteiger partial charge is 0.240 e. The number of rotatable bonds is 7. The van der Waals surface area contributed by atoms with Crippen LogP contribution in [0.5, 0.6) is 0 Å². The van der Waals surface area contributed by atoms with Gasteiger partial charge >= 0.3 is 0 Å². The first kappa shape index (κ1) is 26.5. The van der Waals surface area contributed by atoms with Crippen LogP contribution in [-0.4, -0.2) is 90.2 Å². The molecule has 0 saturated carbocycles. The van der Waals surface area contributed by atoms with Gasteiger partial charge in [0.25, 0.3) is 0 Å². The molecule has 1 amide bonds. The number of likely N-dealkylation sites (tertiary alicyclic amines) is 1. The van der Waals surface area contributed by atoms with E-state index >= 15 is 0 Å². The third-order valence-corrected chi connectivity index (χ3v) is 9.33. The zero-order valence-corrected chi connectivity index (χ0v) is 23.5. The highest BCUT2D eigenvalue weighted by molar-refractivity contribution is 5.90. The summed E-state index contributed by atoms with van der Waals surface area (Å²) in [5, 5.41) is 23.8. The van der Waals surface area contributed by atoms with Crippen molar-refractivity contribution in [2.75, 3.05) is 36.5 Å². The minimum absolute atomic E-state index is 0.0766. The van der Waals surface area contributed by atoms with Gasteiger partial charge in [-0.05, 0) is 69.7 Å². The molecule has 3 fully saturated rings. The van der Waals surface area contributed by atoms with Crippen molar-refractivity contribution in [2.24, 2.45) is 0 Å². The van der Waals surface area contributed by atoms with Crippen LogP contribution < -0.4 is 10.2 Å². The van der Waals surface area contributed by atoms with Crippen LogP contribution in [0.2, 0.25) is 0 Å². The quantitative estimate of drug-likeness (QED) is 0.398. The number of aliphatic hydroxyl groups is 2. The van der Waals surface area contributed by atoms with Crippen LogP contribution in [0, 0.1) is 0 Å². The number of carbonyl (C=O) groups is 1. The predicted octanol–water partition coefficient (Wildman–Crippen LogP) is 2.69. The molecule has 0 aliphatic carbocycles. The number of hydrogen-bond acceptors (Lipinski definition) is 10. The normalized spacial score (nSPS) is 24.7. The van der Waals surface area contributed by atoms with E-state index in [2.05, 4.69) is 20.1 Å². The van der Waals surface area contributed by atoms with Crippen molar-refractivity contribution in [3.05, 3.63) is 41.3 Å². The maximum atomic E-state index is 13.3. The molecule has 3 aromatic heterocycles. The Hall–Kier alpha value is -3.41. The Labute approximate surface area is 239 Å². The standard InChI is InChI=1S/C30H38N8O3/c1-18(40)24-15-20-16-31-30(35-27(20)28(33-24)38-21-5-6-22(38)8-7-21)34-26-9-4-19-17-37(12-10-23(19)32-26)29(41)25-3-2-11-36(25)13-14-39/h4,9,15-16,18,21-22,25,39-40H,2-3,5-8,10-14,17H2,1H3,(H,31,32,34,35)/t18?,21?,22?,25-/m0/s1. The summed E-state index contributed by atoms with van der Waals surface area (Å²) in [6, 6.07) is 6.66. The molecule has 11 nitrogen and oxygen atoms in total. The Morgan fingerprint density at radius 3 is 2.66 bits per heavy atom. The highest BCUT2D eigenvalue weighted by Crippen LogP contribution is 2.42. The summed E-state index contributed by atoms with van der Waals surface area (Å²) in [6.07, 6.45) is 8.36. The van der Waals surface area contributed by atoms with E-state index in [4.69, 9.17) is 15.0 Å². The van der Waals surface area contributed by atoms with Crippen LogP contribution in [0.25, 0.3) is 10.9 Å². The molecule has 4 aliphatic rings. The van der Waals surface area contributed by atoms with Crippen LogP contribution in [0.4, 0.5) is 17.6 Å². The first-order valence-electron chi connectivity index (χ1n) is 15.0. The van der Waals surface area contributed by atoms with Gasteiger partial charge in [0.15, 0.2) is 5.82 Å². The maximum absolute atomic E-state index is 13.3. The average molecular weight is 559 g/mol. The fourth-order valence-corrected chi connectivity index (χ4v) is 7.26. The van der Waals surface area contributed by atoms with Crippen LogP contribution in [0.15, 0.2) is 24.4 Å². The number of pyridine rings is 2. The van der Waals surface area contributed by atoms with Crippen molar-refractivity contribution in [1.82, 2.24) is 29.7 Å². The van der Waals surface area contributed by atoms with Crippen molar-refractivity contribution in [2.45, 2.75) is 82.6 Å². The van der Waals surface area contributed by atoms with Gasteiger partial charge in [0, 0.05) is 55.4 Å². The molecule has 7 rings (SSSR count). The van der Waals surface area contributed by atoms with E-state index in [1.54, 1.807) is 13.1 Å². The predicted molar refractivity (Wildman–Crippen MR) is 155 cm³/mol. The average Bonchev–Trinajstić information content (AvgIpc) is 3.73. The number of fused-ring (bicyclic) bond motifs is 4. The number of hydrogen-bond donors (Lipinski definition) is 3. The van der Waals surface area contributed by atoms with Crippen molar-refractivity contribution in [1.29, 1.82) is 0 Å². The second-order valence-electron chi connectivity index (χ2n) is 11.9. The maximum Gasteiger partial charge on any atom is 0.240 e. The summed E-state index contributed by atoms with van der Waals surface area (Å²) >= 11 is 0. The SMILES string of the molecule is CC(O)c1cc2cnc(Nc3ccc4c(n3)CCN(C(=O)[C@@H]3CCCN3CCO)C4)nc2c(N2C3CCC2CC3)n1. The minimum atomic E-state index is -0.667.